The molecular formula is C12H22N6O. The maximum Gasteiger partial charge on any atom is 0.239 e. The Balaban J connectivity index is 2.84. The Hall–Kier alpha value is -2.05. The van der Waals surface area contributed by atoms with Gasteiger partial charge in [0.2, 0.25) is 11.9 Å². The number of nitrogens with one attached hydrogen (secondary N) is 2. The first-order valence-electron chi connectivity index (χ1n) is 6.32. The van der Waals surface area contributed by atoms with Crippen molar-refractivity contribution in [3.63, 3.8) is 0 Å². The predicted octanol–water partition coefficient (Wildman–Crippen LogP) is 0.451. The maximum atomic E-state index is 11.8. The summed E-state index contributed by atoms with van der Waals surface area (Å²) in [7, 11) is 1.76. The van der Waals surface area contributed by atoms with Crippen molar-refractivity contribution in [3.8, 4) is 0 Å². The minimum Gasteiger partial charge on any atom is -0.373 e. The number of carbonyl (C=O) groups is 1. The van der Waals surface area contributed by atoms with Crippen molar-refractivity contribution in [3.05, 3.63) is 6.07 Å². The van der Waals surface area contributed by atoms with Crippen molar-refractivity contribution >= 4 is 23.5 Å². The number of rotatable bonds is 6. The first-order valence-corrected chi connectivity index (χ1v) is 6.32. The quantitative estimate of drug-likeness (QED) is 0.692. The van der Waals surface area contributed by atoms with Crippen LogP contribution in [0.3, 0.4) is 0 Å². The van der Waals surface area contributed by atoms with Gasteiger partial charge in [0.05, 0.1) is 6.54 Å². The number of carbonyl (C=O) groups excluding carboxylic acids is 1. The number of hydrogen-bond acceptors (Lipinski definition) is 6. The van der Waals surface area contributed by atoms with E-state index in [0.717, 1.165) is 0 Å². The van der Waals surface area contributed by atoms with Gasteiger partial charge < -0.3 is 21.3 Å². The molecule has 7 heteroatoms. The van der Waals surface area contributed by atoms with E-state index in [4.69, 9.17) is 5.73 Å². The molecule has 1 amide bonds. The van der Waals surface area contributed by atoms with Gasteiger partial charge in [0, 0.05) is 25.7 Å². The van der Waals surface area contributed by atoms with E-state index in [2.05, 4.69) is 20.6 Å². The molecule has 0 atom stereocenters. The Bertz CT molecular complexity index is 434. The molecular weight excluding hydrogens is 244 g/mol. The summed E-state index contributed by atoms with van der Waals surface area (Å²) in [6, 6.07) is 1.89. The van der Waals surface area contributed by atoms with E-state index in [-0.39, 0.29) is 24.4 Å². The first kappa shape index (κ1) is 15.0. The van der Waals surface area contributed by atoms with Crippen LogP contribution in [0.1, 0.15) is 20.8 Å². The lowest BCUT2D eigenvalue weighted by Crippen LogP contribution is -2.40. The number of hydrogen-bond donors (Lipinski definition) is 3. The van der Waals surface area contributed by atoms with Crippen LogP contribution >= 0.6 is 0 Å². The minimum atomic E-state index is -0.0416. The molecule has 106 valence electrons. The van der Waals surface area contributed by atoms with Gasteiger partial charge in [-0.25, -0.2) is 0 Å². The molecule has 0 unspecified atom stereocenters. The van der Waals surface area contributed by atoms with Gasteiger partial charge in [-0.3, -0.25) is 4.79 Å². The minimum absolute atomic E-state index is 0.0416. The highest BCUT2D eigenvalue weighted by Gasteiger charge is 2.13. The number of anilines is 3. The van der Waals surface area contributed by atoms with Crippen LogP contribution in [0.15, 0.2) is 6.07 Å². The molecule has 0 bridgehead atoms. The van der Waals surface area contributed by atoms with E-state index in [1.807, 2.05) is 25.7 Å². The molecule has 19 heavy (non-hydrogen) atoms. The lowest BCUT2D eigenvalue weighted by Gasteiger charge is -2.22. The first-order chi connectivity index (χ1) is 8.96. The van der Waals surface area contributed by atoms with Crippen molar-refractivity contribution in [1.29, 1.82) is 0 Å². The summed E-state index contributed by atoms with van der Waals surface area (Å²) >= 11 is 0. The fourth-order valence-electron chi connectivity index (χ4n) is 1.64. The van der Waals surface area contributed by atoms with Crippen molar-refractivity contribution in [2.75, 3.05) is 36.1 Å². The van der Waals surface area contributed by atoms with E-state index in [0.29, 0.717) is 18.2 Å². The van der Waals surface area contributed by atoms with Crippen molar-refractivity contribution in [1.82, 2.24) is 15.3 Å². The third kappa shape index (κ3) is 4.61. The number of aromatic nitrogens is 2. The van der Waals surface area contributed by atoms with Crippen LogP contribution in [-0.4, -0.2) is 42.1 Å². The second kappa shape index (κ2) is 6.77. The zero-order chi connectivity index (χ0) is 14.4. The molecule has 0 aliphatic rings. The Labute approximate surface area is 113 Å². The molecule has 0 aromatic carbocycles. The van der Waals surface area contributed by atoms with Crippen molar-refractivity contribution in [2.45, 2.75) is 26.8 Å². The molecule has 7 nitrogen and oxygen atoms in total. The second-order valence-electron chi connectivity index (χ2n) is 4.46. The Morgan fingerprint density at radius 2 is 2.16 bits per heavy atom. The smallest absolute Gasteiger partial charge is 0.239 e. The molecule has 1 heterocycles. The van der Waals surface area contributed by atoms with Crippen molar-refractivity contribution in [2.24, 2.45) is 0 Å². The average molecular weight is 266 g/mol. The van der Waals surface area contributed by atoms with E-state index in [9.17, 15) is 4.79 Å². The average Bonchev–Trinajstić information content (AvgIpc) is 2.34. The normalized spacial score (nSPS) is 10.4. The largest absolute Gasteiger partial charge is 0.373 e. The third-order valence-electron chi connectivity index (χ3n) is 2.48. The van der Waals surface area contributed by atoms with Gasteiger partial charge in [0.15, 0.2) is 0 Å². The van der Waals surface area contributed by atoms with Crippen LogP contribution in [-0.2, 0) is 4.79 Å². The molecule has 0 aliphatic heterocycles. The monoisotopic (exact) mass is 266 g/mol. The van der Waals surface area contributed by atoms with Crippen LogP contribution in [0.5, 0.6) is 0 Å². The zero-order valence-electron chi connectivity index (χ0n) is 11.9. The van der Waals surface area contributed by atoms with Crippen LogP contribution < -0.4 is 21.3 Å². The third-order valence-corrected chi connectivity index (χ3v) is 2.48. The van der Waals surface area contributed by atoms with Gasteiger partial charge >= 0.3 is 0 Å². The summed E-state index contributed by atoms with van der Waals surface area (Å²) in [6.07, 6.45) is 0. The van der Waals surface area contributed by atoms with Gasteiger partial charge in [-0.2, -0.15) is 9.97 Å². The number of likely N-dealkylation sites (N-methyl/N-ethyl adjacent to an activating group) is 1. The van der Waals surface area contributed by atoms with Gasteiger partial charge in [0.1, 0.15) is 11.6 Å². The summed E-state index contributed by atoms with van der Waals surface area (Å²) in [6.45, 7) is 6.71. The molecule has 4 N–H and O–H groups in total. The summed E-state index contributed by atoms with van der Waals surface area (Å²) in [4.78, 5) is 21.8. The molecule has 0 radical (unpaired) electrons. The second-order valence-corrected chi connectivity index (χ2v) is 4.46. The Morgan fingerprint density at radius 1 is 1.47 bits per heavy atom. The summed E-state index contributed by atoms with van der Waals surface area (Å²) in [5.41, 5.74) is 5.65. The van der Waals surface area contributed by atoms with Gasteiger partial charge in [0.25, 0.3) is 0 Å². The highest BCUT2D eigenvalue weighted by molar-refractivity contribution is 5.81. The molecule has 0 spiro atoms. The van der Waals surface area contributed by atoms with E-state index < -0.39 is 0 Å². The van der Waals surface area contributed by atoms with Gasteiger partial charge in [-0.05, 0) is 20.8 Å². The van der Waals surface area contributed by atoms with E-state index in [1.165, 1.54) is 0 Å². The van der Waals surface area contributed by atoms with Gasteiger partial charge in [-0.15, -0.1) is 0 Å². The fourth-order valence-corrected chi connectivity index (χ4v) is 1.64. The molecule has 0 aliphatic carbocycles. The number of amides is 1. The van der Waals surface area contributed by atoms with Crippen LogP contribution in [0, 0.1) is 0 Å². The van der Waals surface area contributed by atoms with Crippen molar-refractivity contribution < 1.29 is 4.79 Å². The summed E-state index contributed by atoms with van der Waals surface area (Å²) in [5.74, 6) is 1.41. The fraction of sp³-hybridized carbons (Fsp3) is 0.583. The molecule has 0 fully saturated rings. The van der Waals surface area contributed by atoms with E-state index in [1.54, 1.807) is 13.1 Å². The number of nitrogen functional groups attached to an aromatic ring is 1. The molecule has 0 saturated heterocycles. The summed E-state index contributed by atoms with van der Waals surface area (Å²) < 4.78 is 0. The number of nitrogens with two attached hydrogens (primary N) is 1. The van der Waals surface area contributed by atoms with E-state index >= 15 is 0 Å². The topological polar surface area (TPSA) is 96.2 Å². The van der Waals surface area contributed by atoms with Crippen LogP contribution in [0.25, 0.3) is 0 Å². The molecule has 1 rings (SSSR count). The Kier molecular flexibility index (Phi) is 5.35. The standard InChI is InChI=1S/C12H22N6O/c1-5-18(7-11(19)15-8(2)3)10-6-9(14-4)16-12(13)17-10/h6,8H,5,7H2,1-4H3,(H,15,19)(H3,13,14,16,17). The van der Waals surface area contributed by atoms with Crippen LogP contribution in [0.4, 0.5) is 17.6 Å². The lowest BCUT2D eigenvalue weighted by atomic mass is 10.3. The lowest BCUT2D eigenvalue weighted by molar-refractivity contribution is -0.120. The van der Waals surface area contributed by atoms with Gasteiger partial charge in [-0.1, -0.05) is 0 Å². The summed E-state index contributed by atoms with van der Waals surface area (Å²) in [5, 5.41) is 5.76. The molecule has 1 aromatic rings. The van der Waals surface area contributed by atoms with Crippen LogP contribution in [0.2, 0.25) is 0 Å². The Morgan fingerprint density at radius 3 is 2.68 bits per heavy atom. The highest BCUT2D eigenvalue weighted by Crippen LogP contribution is 2.16. The zero-order valence-corrected chi connectivity index (χ0v) is 11.9. The number of nitrogens with zero attached hydrogens (tertiary/aromatic N) is 3. The molecule has 0 saturated carbocycles. The predicted molar refractivity (Wildman–Crippen MR) is 77.2 cm³/mol. The highest BCUT2D eigenvalue weighted by atomic mass is 16.2. The molecule has 1 aromatic heterocycles. The SMILES string of the molecule is CCN(CC(=O)NC(C)C)c1cc(NC)nc(N)n1. The maximum absolute atomic E-state index is 11.8.